The van der Waals surface area contributed by atoms with Crippen molar-refractivity contribution in [2.45, 2.75) is 32.3 Å². The zero-order valence-electron chi connectivity index (χ0n) is 14.0. The van der Waals surface area contributed by atoms with Crippen LogP contribution in [0.2, 0.25) is 0 Å². The predicted molar refractivity (Wildman–Crippen MR) is 90.3 cm³/mol. The number of carbonyl (C=O) groups excluding carboxylic acids is 1. The van der Waals surface area contributed by atoms with Crippen molar-refractivity contribution in [3.05, 3.63) is 47.8 Å². The molecule has 1 aromatic heterocycles. The molecule has 3 N–H and O–H groups in total. The fourth-order valence-electron chi connectivity index (χ4n) is 2.18. The quantitative estimate of drug-likeness (QED) is 0.793. The van der Waals surface area contributed by atoms with Gasteiger partial charge in [-0.25, -0.2) is 4.79 Å². The summed E-state index contributed by atoms with van der Waals surface area (Å²) in [5.74, 6) is 0.451. The van der Waals surface area contributed by atoms with Gasteiger partial charge < -0.3 is 15.7 Å². The van der Waals surface area contributed by atoms with Gasteiger partial charge in [0.25, 0.3) is 0 Å². The first-order chi connectivity index (χ1) is 10.8. The molecule has 2 aromatic rings. The Labute approximate surface area is 136 Å². The summed E-state index contributed by atoms with van der Waals surface area (Å²) in [7, 11) is 1.78. The van der Waals surface area contributed by atoms with Crippen LogP contribution in [0.25, 0.3) is 0 Å². The molecule has 0 saturated heterocycles. The van der Waals surface area contributed by atoms with E-state index >= 15 is 0 Å². The zero-order chi connectivity index (χ0) is 17.0. The van der Waals surface area contributed by atoms with Gasteiger partial charge in [0, 0.05) is 24.5 Å². The molecule has 0 aliphatic carbocycles. The zero-order valence-corrected chi connectivity index (χ0v) is 14.0. The number of aliphatic hydroxyl groups is 1. The van der Waals surface area contributed by atoms with E-state index in [-0.39, 0.29) is 12.6 Å². The lowest BCUT2D eigenvalue weighted by molar-refractivity contribution is 0.0599. The number of benzene rings is 1. The molecule has 1 atom stereocenters. The minimum absolute atomic E-state index is 0.0919. The van der Waals surface area contributed by atoms with Crippen LogP contribution in [0, 0.1) is 0 Å². The van der Waals surface area contributed by atoms with Gasteiger partial charge in [0.1, 0.15) is 5.60 Å². The molecule has 2 rings (SSSR count). The Kier molecular flexibility index (Phi) is 5.05. The highest BCUT2D eigenvalue weighted by atomic mass is 16.3. The summed E-state index contributed by atoms with van der Waals surface area (Å²) in [5, 5.41) is 19.9. The maximum absolute atomic E-state index is 12.0. The standard InChI is InChI=1S/C17H24N4O2/c1-12(2)13-5-7-15(8-6-13)20-16(22)18-11-17(3,23)14-9-19-21(4)10-14/h5-10,12,23H,11H2,1-4H3,(H2,18,20,22). The SMILES string of the molecule is CC(C)c1ccc(NC(=O)NCC(C)(O)c2cnn(C)c2)cc1. The van der Waals surface area contributed by atoms with Crippen LogP contribution in [-0.4, -0.2) is 27.5 Å². The summed E-state index contributed by atoms with van der Waals surface area (Å²) in [6.45, 7) is 5.97. The first-order valence-electron chi connectivity index (χ1n) is 7.64. The first-order valence-corrected chi connectivity index (χ1v) is 7.64. The lowest BCUT2D eigenvalue weighted by Gasteiger charge is -2.22. The smallest absolute Gasteiger partial charge is 0.319 e. The largest absolute Gasteiger partial charge is 0.383 e. The number of hydrogen-bond acceptors (Lipinski definition) is 3. The van der Waals surface area contributed by atoms with E-state index in [9.17, 15) is 9.90 Å². The van der Waals surface area contributed by atoms with Gasteiger partial charge in [0.05, 0.1) is 12.7 Å². The monoisotopic (exact) mass is 316 g/mol. The minimum Gasteiger partial charge on any atom is -0.383 e. The van der Waals surface area contributed by atoms with E-state index in [1.807, 2.05) is 24.3 Å². The van der Waals surface area contributed by atoms with Crippen molar-refractivity contribution in [2.24, 2.45) is 7.05 Å². The fraction of sp³-hybridized carbons (Fsp3) is 0.412. The number of aryl methyl sites for hydroxylation is 1. The van der Waals surface area contributed by atoms with E-state index < -0.39 is 5.60 Å². The average Bonchev–Trinajstić information content (AvgIpc) is 2.93. The number of carbonyl (C=O) groups is 1. The van der Waals surface area contributed by atoms with Crippen LogP contribution < -0.4 is 10.6 Å². The second kappa shape index (κ2) is 6.83. The highest BCUT2D eigenvalue weighted by Gasteiger charge is 2.25. The topological polar surface area (TPSA) is 79.2 Å². The van der Waals surface area contributed by atoms with Gasteiger partial charge >= 0.3 is 6.03 Å². The van der Waals surface area contributed by atoms with Crippen molar-refractivity contribution in [2.75, 3.05) is 11.9 Å². The molecule has 0 bridgehead atoms. The van der Waals surface area contributed by atoms with Crippen LogP contribution in [0.15, 0.2) is 36.7 Å². The summed E-state index contributed by atoms with van der Waals surface area (Å²) in [5.41, 5.74) is 1.41. The van der Waals surface area contributed by atoms with E-state index in [0.29, 0.717) is 17.2 Å². The maximum Gasteiger partial charge on any atom is 0.319 e. The third-order valence-corrected chi connectivity index (χ3v) is 3.76. The molecule has 1 unspecified atom stereocenters. The number of rotatable bonds is 5. The third kappa shape index (κ3) is 4.56. The predicted octanol–water partition coefficient (Wildman–Crippen LogP) is 2.57. The molecule has 0 fully saturated rings. The van der Waals surface area contributed by atoms with Gasteiger partial charge in [0.2, 0.25) is 0 Å². The van der Waals surface area contributed by atoms with E-state index in [1.165, 1.54) is 5.56 Å². The van der Waals surface area contributed by atoms with Crippen molar-refractivity contribution in [1.29, 1.82) is 0 Å². The number of anilines is 1. The van der Waals surface area contributed by atoms with Gasteiger partial charge in [-0.15, -0.1) is 0 Å². The Morgan fingerprint density at radius 2 is 2.00 bits per heavy atom. The molecule has 6 heteroatoms. The van der Waals surface area contributed by atoms with Crippen LogP contribution in [0.4, 0.5) is 10.5 Å². The molecule has 1 heterocycles. The van der Waals surface area contributed by atoms with Crippen molar-refractivity contribution in [3.63, 3.8) is 0 Å². The number of nitrogens with one attached hydrogen (secondary N) is 2. The summed E-state index contributed by atoms with van der Waals surface area (Å²) >= 11 is 0. The van der Waals surface area contributed by atoms with Gasteiger partial charge in [0.15, 0.2) is 0 Å². The van der Waals surface area contributed by atoms with Crippen LogP contribution in [0.1, 0.15) is 37.8 Å². The van der Waals surface area contributed by atoms with Gasteiger partial charge in [-0.05, 0) is 30.5 Å². The van der Waals surface area contributed by atoms with Crippen molar-refractivity contribution in [1.82, 2.24) is 15.1 Å². The molecule has 23 heavy (non-hydrogen) atoms. The van der Waals surface area contributed by atoms with Gasteiger partial charge in [-0.2, -0.15) is 5.10 Å². The molecular weight excluding hydrogens is 292 g/mol. The van der Waals surface area contributed by atoms with E-state index in [0.717, 1.165) is 0 Å². The van der Waals surface area contributed by atoms with Crippen molar-refractivity contribution >= 4 is 11.7 Å². The second-order valence-corrected chi connectivity index (χ2v) is 6.26. The van der Waals surface area contributed by atoms with Gasteiger partial charge in [-0.1, -0.05) is 26.0 Å². The molecule has 0 radical (unpaired) electrons. The molecule has 6 nitrogen and oxygen atoms in total. The van der Waals surface area contributed by atoms with E-state index in [4.69, 9.17) is 0 Å². The summed E-state index contributed by atoms with van der Waals surface area (Å²) in [6.07, 6.45) is 3.31. The number of urea groups is 1. The molecule has 124 valence electrons. The van der Waals surface area contributed by atoms with Crippen LogP contribution in [-0.2, 0) is 12.6 Å². The van der Waals surface area contributed by atoms with Crippen LogP contribution in [0.3, 0.4) is 0 Å². The van der Waals surface area contributed by atoms with E-state index in [1.54, 1.807) is 31.0 Å². The molecule has 1 aromatic carbocycles. The Morgan fingerprint density at radius 1 is 1.35 bits per heavy atom. The second-order valence-electron chi connectivity index (χ2n) is 6.26. The molecule has 0 spiro atoms. The molecule has 2 amide bonds. The summed E-state index contributed by atoms with van der Waals surface area (Å²) in [4.78, 5) is 12.0. The third-order valence-electron chi connectivity index (χ3n) is 3.76. The Morgan fingerprint density at radius 3 is 2.52 bits per heavy atom. The summed E-state index contributed by atoms with van der Waals surface area (Å²) in [6, 6.07) is 7.37. The number of amides is 2. The lowest BCUT2D eigenvalue weighted by atomic mass is 10.00. The highest BCUT2D eigenvalue weighted by molar-refractivity contribution is 5.89. The first kappa shape index (κ1) is 17.0. The van der Waals surface area contributed by atoms with Crippen molar-refractivity contribution in [3.8, 4) is 0 Å². The number of aromatic nitrogens is 2. The van der Waals surface area contributed by atoms with Crippen LogP contribution in [0.5, 0.6) is 0 Å². The molecular formula is C17H24N4O2. The Hall–Kier alpha value is -2.34. The highest BCUT2D eigenvalue weighted by Crippen LogP contribution is 2.19. The Bertz CT molecular complexity index is 659. The molecule has 0 saturated carbocycles. The average molecular weight is 316 g/mol. The maximum atomic E-state index is 12.0. The molecule has 0 aliphatic heterocycles. The number of nitrogens with zero attached hydrogens (tertiary/aromatic N) is 2. The normalized spacial score (nSPS) is 13.7. The minimum atomic E-state index is -1.17. The van der Waals surface area contributed by atoms with Crippen LogP contribution >= 0.6 is 0 Å². The fourth-order valence-corrected chi connectivity index (χ4v) is 2.18. The Balaban J connectivity index is 1.89. The lowest BCUT2D eigenvalue weighted by Crippen LogP contribution is -2.40. The summed E-state index contributed by atoms with van der Waals surface area (Å²) < 4.78 is 1.61. The van der Waals surface area contributed by atoms with E-state index in [2.05, 4.69) is 29.6 Å². The van der Waals surface area contributed by atoms with Crippen molar-refractivity contribution < 1.29 is 9.90 Å². The number of hydrogen-bond donors (Lipinski definition) is 3. The van der Waals surface area contributed by atoms with Gasteiger partial charge in [-0.3, -0.25) is 4.68 Å². The molecule has 0 aliphatic rings.